The topological polar surface area (TPSA) is 58.6 Å². The lowest BCUT2D eigenvalue weighted by Crippen LogP contribution is -2.49. The molecule has 1 N–H and O–H groups in total. The van der Waals surface area contributed by atoms with Gasteiger partial charge < -0.3 is 15.0 Å². The molecular weight excluding hydrogens is 287 g/mol. The van der Waals surface area contributed by atoms with Gasteiger partial charge in [-0.2, -0.15) is 0 Å². The molecule has 0 bridgehead atoms. The Hall–Kier alpha value is -1.95. The zero-order chi connectivity index (χ0) is 15.5. The second kappa shape index (κ2) is 6.44. The highest BCUT2D eigenvalue weighted by molar-refractivity contribution is 5.83. The summed E-state index contributed by atoms with van der Waals surface area (Å²) in [6.45, 7) is 1.90. The van der Waals surface area contributed by atoms with Gasteiger partial charge in [0.25, 0.3) is 0 Å². The number of carbonyl (C=O) groups is 2. The number of benzene rings is 1. The van der Waals surface area contributed by atoms with Gasteiger partial charge in [-0.25, -0.2) is 4.39 Å². The fourth-order valence-corrected chi connectivity index (χ4v) is 2.93. The lowest BCUT2D eigenvalue weighted by Gasteiger charge is -2.36. The quantitative estimate of drug-likeness (QED) is 0.895. The summed E-state index contributed by atoms with van der Waals surface area (Å²) in [4.78, 5) is 25.5. The number of piperidine rings is 1. The first-order valence-corrected chi connectivity index (χ1v) is 7.56. The fourth-order valence-electron chi connectivity index (χ4n) is 2.93. The van der Waals surface area contributed by atoms with Gasteiger partial charge in [0.15, 0.2) is 0 Å². The van der Waals surface area contributed by atoms with Gasteiger partial charge in [-0.15, -0.1) is 0 Å². The van der Waals surface area contributed by atoms with Crippen LogP contribution in [0, 0.1) is 11.7 Å². The fraction of sp³-hybridized carbons (Fsp3) is 0.500. The molecule has 5 nitrogen and oxygen atoms in total. The summed E-state index contributed by atoms with van der Waals surface area (Å²) >= 11 is 0. The van der Waals surface area contributed by atoms with Crippen LogP contribution in [-0.2, 0) is 14.3 Å². The highest BCUT2D eigenvalue weighted by atomic mass is 19.1. The molecule has 2 aliphatic heterocycles. The van der Waals surface area contributed by atoms with Crippen LogP contribution in [-0.4, -0.2) is 43.0 Å². The largest absolute Gasteiger partial charge is 0.370 e. The van der Waals surface area contributed by atoms with Gasteiger partial charge in [-0.1, -0.05) is 12.1 Å². The molecule has 2 saturated heterocycles. The number of carbonyl (C=O) groups excluding carboxylic acids is 2. The minimum Gasteiger partial charge on any atom is -0.370 e. The molecular formula is C16H19FN2O3. The van der Waals surface area contributed by atoms with Crippen LogP contribution in [0.1, 0.15) is 24.5 Å². The molecule has 2 atom stereocenters. The van der Waals surface area contributed by atoms with E-state index >= 15 is 0 Å². The van der Waals surface area contributed by atoms with Crippen molar-refractivity contribution in [1.29, 1.82) is 0 Å². The average molecular weight is 306 g/mol. The minimum absolute atomic E-state index is 0.00946. The molecule has 2 fully saturated rings. The van der Waals surface area contributed by atoms with Gasteiger partial charge in [0.2, 0.25) is 11.8 Å². The van der Waals surface area contributed by atoms with E-state index in [2.05, 4.69) is 5.32 Å². The third-order valence-electron chi connectivity index (χ3n) is 4.23. The molecule has 2 aliphatic rings. The molecule has 0 spiro atoms. The summed E-state index contributed by atoms with van der Waals surface area (Å²) < 4.78 is 18.7. The Morgan fingerprint density at radius 1 is 1.32 bits per heavy atom. The second-order valence-electron chi connectivity index (χ2n) is 5.73. The van der Waals surface area contributed by atoms with Crippen LogP contribution in [0.5, 0.6) is 0 Å². The van der Waals surface area contributed by atoms with Crippen LogP contribution in [0.25, 0.3) is 0 Å². The molecule has 0 radical (unpaired) electrons. The van der Waals surface area contributed by atoms with Crippen molar-refractivity contribution in [2.24, 2.45) is 5.92 Å². The van der Waals surface area contributed by atoms with Gasteiger partial charge in [-0.3, -0.25) is 9.59 Å². The lowest BCUT2D eigenvalue weighted by molar-refractivity contribution is -0.144. The van der Waals surface area contributed by atoms with Crippen molar-refractivity contribution in [2.45, 2.75) is 18.9 Å². The Bertz CT molecular complexity index is 551. The van der Waals surface area contributed by atoms with Crippen LogP contribution in [0.3, 0.4) is 0 Å². The number of morpholine rings is 1. The number of hydrogen-bond acceptors (Lipinski definition) is 3. The smallest absolute Gasteiger partial charge is 0.227 e. The van der Waals surface area contributed by atoms with E-state index in [9.17, 15) is 14.0 Å². The standard InChI is InChI=1S/C16H19FN2O3/c17-13-4-1-11(2-5-13)14-10-19(7-8-22-14)16(21)12-3-6-15(20)18-9-12/h1-2,4-5,12,14H,3,6-10H2,(H,18,20)/t12-,14-/m0/s1. The number of hydrogen-bond donors (Lipinski definition) is 1. The van der Waals surface area contributed by atoms with Crippen molar-refractivity contribution < 1.29 is 18.7 Å². The van der Waals surface area contributed by atoms with E-state index in [1.54, 1.807) is 17.0 Å². The van der Waals surface area contributed by atoms with E-state index in [1.165, 1.54) is 12.1 Å². The summed E-state index contributed by atoms with van der Waals surface area (Å²) in [7, 11) is 0. The van der Waals surface area contributed by atoms with E-state index in [0.717, 1.165) is 5.56 Å². The maximum Gasteiger partial charge on any atom is 0.227 e. The van der Waals surface area contributed by atoms with E-state index in [4.69, 9.17) is 4.74 Å². The highest BCUT2D eigenvalue weighted by Gasteiger charge is 2.32. The molecule has 2 amide bonds. The molecule has 1 aromatic rings. The maximum absolute atomic E-state index is 13.0. The van der Waals surface area contributed by atoms with Crippen molar-refractivity contribution in [3.63, 3.8) is 0 Å². The normalized spacial score (nSPS) is 25.7. The van der Waals surface area contributed by atoms with E-state index in [-0.39, 0.29) is 29.7 Å². The van der Waals surface area contributed by atoms with Crippen LogP contribution in [0.15, 0.2) is 24.3 Å². The molecule has 1 aromatic carbocycles. The molecule has 0 aromatic heterocycles. The predicted octanol–water partition coefficient (Wildman–Crippen LogP) is 1.25. The molecule has 2 heterocycles. The Balaban J connectivity index is 1.63. The number of ether oxygens (including phenoxy) is 1. The van der Waals surface area contributed by atoms with E-state index in [0.29, 0.717) is 39.1 Å². The molecule has 22 heavy (non-hydrogen) atoms. The van der Waals surface area contributed by atoms with Crippen molar-refractivity contribution in [1.82, 2.24) is 10.2 Å². The third kappa shape index (κ3) is 3.27. The van der Waals surface area contributed by atoms with E-state index < -0.39 is 0 Å². The third-order valence-corrected chi connectivity index (χ3v) is 4.23. The average Bonchev–Trinajstić information content (AvgIpc) is 2.56. The minimum atomic E-state index is -0.287. The van der Waals surface area contributed by atoms with Crippen LogP contribution < -0.4 is 5.32 Å². The first kappa shape index (κ1) is 15.0. The Kier molecular flexibility index (Phi) is 4.38. The number of halogens is 1. The van der Waals surface area contributed by atoms with Crippen molar-refractivity contribution in [3.8, 4) is 0 Å². The molecule has 0 unspecified atom stereocenters. The zero-order valence-corrected chi connectivity index (χ0v) is 12.3. The number of rotatable bonds is 2. The van der Waals surface area contributed by atoms with Crippen LogP contribution in [0.4, 0.5) is 4.39 Å². The van der Waals surface area contributed by atoms with Crippen molar-refractivity contribution in [3.05, 3.63) is 35.6 Å². The molecule has 0 aliphatic carbocycles. The first-order chi connectivity index (χ1) is 10.6. The van der Waals surface area contributed by atoms with Gasteiger partial charge in [-0.05, 0) is 24.1 Å². The molecule has 6 heteroatoms. The van der Waals surface area contributed by atoms with Gasteiger partial charge in [0.1, 0.15) is 11.9 Å². The number of nitrogens with zero attached hydrogens (tertiary/aromatic N) is 1. The summed E-state index contributed by atoms with van der Waals surface area (Å²) in [5.74, 6) is -0.360. The van der Waals surface area contributed by atoms with Crippen molar-refractivity contribution >= 4 is 11.8 Å². The van der Waals surface area contributed by atoms with Gasteiger partial charge >= 0.3 is 0 Å². The monoisotopic (exact) mass is 306 g/mol. The summed E-state index contributed by atoms with van der Waals surface area (Å²) in [6.07, 6.45) is 0.780. The second-order valence-corrected chi connectivity index (χ2v) is 5.73. The summed E-state index contributed by atoms with van der Waals surface area (Å²) in [5, 5.41) is 2.74. The number of amides is 2. The van der Waals surface area contributed by atoms with E-state index in [1.807, 2.05) is 0 Å². The molecule has 118 valence electrons. The van der Waals surface area contributed by atoms with Gasteiger partial charge in [0, 0.05) is 19.5 Å². The maximum atomic E-state index is 13.0. The highest BCUT2D eigenvalue weighted by Crippen LogP contribution is 2.24. The Morgan fingerprint density at radius 3 is 2.77 bits per heavy atom. The zero-order valence-electron chi connectivity index (χ0n) is 12.3. The lowest BCUT2D eigenvalue weighted by atomic mass is 9.97. The van der Waals surface area contributed by atoms with Gasteiger partial charge in [0.05, 0.1) is 19.1 Å². The van der Waals surface area contributed by atoms with Crippen molar-refractivity contribution in [2.75, 3.05) is 26.2 Å². The SMILES string of the molecule is O=C1CC[C@H](C(=O)N2CCO[C@H](c3ccc(F)cc3)C2)CN1. The first-order valence-electron chi connectivity index (χ1n) is 7.56. The Labute approximate surface area is 128 Å². The van der Waals surface area contributed by atoms with Crippen LogP contribution >= 0.6 is 0 Å². The predicted molar refractivity (Wildman–Crippen MR) is 77.4 cm³/mol. The van der Waals surface area contributed by atoms with Crippen LogP contribution in [0.2, 0.25) is 0 Å². The Morgan fingerprint density at radius 2 is 2.09 bits per heavy atom. The summed E-state index contributed by atoms with van der Waals surface area (Å²) in [5.41, 5.74) is 0.871. The number of nitrogens with one attached hydrogen (secondary N) is 1. The summed E-state index contributed by atoms with van der Waals surface area (Å²) in [6, 6.07) is 6.18. The molecule has 3 rings (SSSR count). The molecule has 0 saturated carbocycles.